The molecule has 0 amide bonds. The van der Waals surface area contributed by atoms with E-state index in [0.717, 1.165) is 17.1 Å². The highest BCUT2D eigenvalue weighted by atomic mass is 28.3. The second-order valence-corrected chi connectivity index (χ2v) is 14.2. The minimum absolute atomic E-state index is 0.350. The molecule has 3 aromatic rings. The lowest BCUT2D eigenvalue weighted by Gasteiger charge is -2.44. The third kappa shape index (κ3) is 3.46. The molecule has 0 aliphatic heterocycles. The first kappa shape index (κ1) is 20.5. The third-order valence-corrected chi connectivity index (χ3v) is 12.6. The van der Waals surface area contributed by atoms with Crippen LogP contribution in [0.3, 0.4) is 0 Å². The number of aromatic nitrogens is 2. The Balaban J connectivity index is 2.12. The van der Waals surface area contributed by atoms with E-state index in [2.05, 4.69) is 63.4 Å². The van der Waals surface area contributed by atoms with Crippen LogP contribution in [0.2, 0.25) is 16.6 Å². The van der Waals surface area contributed by atoms with E-state index in [1.54, 1.807) is 0 Å². The lowest BCUT2D eigenvalue weighted by molar-refractivity contribution is 0.584. The van der Waals surface area contributed by atoms with Crippen LogP contribution in [-0.2, 0) is 0 Å². The van der Waals surface area contributed by atoms with E-state index in [1.807, 2.05) is 12.1 Å². The summed E-state index contributed by atoms with van der Waals surface area (Å²) >= 11 is 0. The molecule has 3 rings (SSSR count). The number of hydrogen-bond acceptors (Lipinski definition) is 2. The van der Waals surface area contributed by atoms with Gasteiger partial charge in [-0.1, -0.05) is 41.5 Å². The van der Waals surface area contributed by atoms with Gasteiger partial charge in [-0.3, -0.25) is 0 Å². The summed E-state index contributed by atoms with van der Waals surface area (Å²) in [7, 11) is -1.94. The highest BCUT2D eigenvalue weighted by Crippen LogP contribution is 2.44. The van der Waals surface area contributed by atoms with Crippen molar-refractivity contribution < 1.29 is 8.78 Å². The molecule has 0 fully saturated rings. The number of anilines is 2. The van der Waals surface area contributed by atoms with Crippen LogP contribution in [0.15, 0.2) is 42.6 Å². The summed E-state index contributed by atoms with van der Waals surface area (Å²) in [6.45, 7) is 13.9. The molecule has 150 valence electrons. The summed E-state index contributed by atoms with van der Waals surface area (Å²) in [4.78, 5) is 4.84. The summed E-state index contributed by atoms with van der Waals surface area (Å²) in [5.74, 6) is -0.646. The summed E-state index contributed by atoms with van der Waals surface area (Å²) in [6.07, 6.45) is 2.18. The summed E-state index contributed by atoms with van der Waals surface area (Å²) in [5.41, 5.74) is 2.91. The summed E-state index contributed by atoms with van der Waals surface area (Å²) in [5, 5.41) is 4.12. The number of hydrogen-bond donors (Lipinski definition) is 1. The molecule has 0 aliphatic rings. The standard InChI is InChI=1S/C22H29F2N3Si/c1-14(2)28(15(3)4,16(5)6)27-10-9-17-7-8-21(26-22(17)27)25-20-12-18(23)11-19(24)13-20/h7-16H,1-6H3,(H,25,26). The van der Waals surface area contributed by atoms with E-state index in [4.69, 9.17) is 4.98 Å². The Labute approximate surface area is 166 Å². The number of halogens is 2. The zero-order valence-corrected chi connectivity index (χ0v) is 18.4. The number of nitrogens with zero attached hydrogens (tertiary/aromatic N) is 2. The number of pyridine rings is 1. The van der Waals surface area contributed by atoms with E-state index in [-0.39, 0.29) is 0 Å². The van der Waals surface area contributed by atoms with Crippen molar-refractivity contribution in [2.45, 2.75) is 58.2 Å². The fourth-order valence-electron chi connectivity index (χ4n) is 5.00. The smallest absolute Gasteiger partial charge is 0.171 e. The Morgan fingerprint density at radius 1 is 0.857 bits per heavy atom. The van der Waals surface area contributed by atoms with Gasteiger partial charge in [0, 0.05) is 17.1 Å². The Morgan fingerprint density at radius 3 is 1.96 bits per heavy atom. The van der Waals surface area contributed by atoms with Crippen LogP contribution in [0.4, 0.5) is 20.3 Å². The van der Waals surface area contributed by atoms with Crippen molar-refractivity contribution in [2.75, 3.05) is 5.32 Å². The molecule has 0 radical (unpaired) electrons. The van der Waals surface area contributed by atoms with Crippen LogP contribution in [-0.4, -0.2) is 17.5 Å². The van der Waals surface area contributed by atoms with Gasteiger partial charge in [-0.2, -0.15) is 0 Å². The lowest BCUT2D eigenvalue weighted by Crippen LogP contribution is -2.51. The Hall–Kier alpha value is -2.21. The summed E-state index contributed by atoms with van der Waals surface area (Å²) < 4.78 is 29.5. The molecule has 0 spiro atoms. The Kier molecular flexibility index (Phi) is 5.61. The van der Waals surface area contributed by atoms with Crippen LogP contribution in [0.25, 0.3) is 11.0 Å². The van der Waals surface area contributed by atoms with Crippen LogP contribution in [0.5, 0.6) is 0 Å². The molecule has 0 bridgehead atoms. The first-order valence-corrected chi connectivity index (χ1v) is 12.1. The van der Waals surface area contributed by atoms with Gasteiger partial charge in [0.25, 0.3) is 0 Å². The summed E-state index contributed by atoms with van der Waals surface area (Å²) in [6, 6.07) is 9.37. The lowest BCUT2D eigenvalue weighted by atomic mass is 10.3. The van der Waals surface area contributed by atoms with E-state index >= 15 is 0 Å². The average Bonchev–Trinajstić information content (AvgIpc) is 2.97. The van der Waals surface area contributed by atoms with Crippen molar-refractivity contribution in [1.29, 1.82) is 0 Å². The first-order chi connectivity index (χ1) is 13.2. The molecule has 3 nitrogen and oxygen atoms in total. The van der Waals surface area contributed by atoms with Crippen molar-refractivity contribution in [3.63, 3.8) is 0 Å². The number of nitrogens with one attached hydrogen (secondary N) is 1. The van der Waals surface area contributed by atoms with Crippen LogP contribution in [0, 0.1) is 11.6 Å². The van der Waals surface area contributed by atoms with Crippen molar-refractivity contribution in [3.05, 3.63) is 54.2 Å². The monoisotopic (exact) mass is 401 g/mol. The molecular formula is C22H29F2N3Si. The highest BCUT2D eigenvalue weighted by molar-refractivity contribution is 6.82. The maximum absolute atomic E-state index is 13.5. The predicted octanol–water partition coefficient (Wildman–Crippen LogP) is 7.08. The first-order valence-electron chi connectivity index (χ1n) is 9.88. The maximum Gasteiger partial charge on any atom is 0.171 e. The van der Waals surface area contributed by atoms with Gasteiger partial charge >= 0.3 is 0 Å². The fourth-order valence-corrected chi connectivity index (χ4v) is 11.5. The highest BCUT2D eigenvalue weighted by Gasteiger charge is 2.45. The largest absolute Gasteiger partial charge is 0.358 e. The van der Waals surface area contributed by atoms with Crippen LogP contribution < -0.4 is 5.32 Å². The molecule has 0 atom stereocenters. The molecule has 1 aromatic carbocycles. The van der Waals surface area contributed by atoms with E-state index in [1.165, 1.54) is 12.1 Å². The van der Waals surface area contributed by atoms with Gasteiger partial charge in [0.15, 0.2) is 8.24 Å². The zero-order valence-electron chi connectivity index (χ0n) is 17.4. The van der Waals surface area contributed by atoms with Gasteiger partial charge in [0.2, 0.25) is 0 Å². The van der Waals surface area contributed by atoms with Crippen LogP contribution >= 0.6 is 0 Å². The van der Waals surface area contributed by atoms with Gasteiger partial charge in [0.1, 0.15) is 23.1 Å². The van der Waals surface area contributed by atoms with Gasteiger partial charge in [-0.25, -0.2) is 13.8 Å². The van der Waals surface area contributed by atoms with Crippen molar-refractivity contribution in [3.8, 4) is 0 Å². The second kappa shape index (κ2) is 7.66. The zero-order chi connectivity index (χ0) is 20.6. The predicted molar refractivity (Wildman–Crippen MR) is 116 cm³/mol. The molecule has 0 aliphatic carbocycles. The number of fused-ring (bicyclic) bond motifs is 1. The molecular weight excluding hydrogens is 372 g/mol. The molecule has 2 heterocycles. The Bertz CT molecular complexity index is 937. The molecule has 0 unspecified atom stereocenters. The molecule has 0 saturated heterocycles. The maximum atomic E-state index is 13.5. The minimum Gasteiger partial charge on any atom is -0.358 e. The number of rotatable bonds is 6. The van der Waals surface area contributed by atoms with Gasteiger partial charge in [-0.15, -0.1) is 0 Å². The van der Waals surface area contributed by atoms with Crippen molar-refractivity contribution in [1.82, 2.24) is 9.22 Å². The molecule has 2 aromatic heterocycles. The SMILES string of the molecule is CC(C)[Si](C(C)C)(C(C)C)n1ccc2ccc(Nc3cc(F)cc(F)c3)nc21. The normalized spacial score (nSPS) is 12.5. The van der Waals surface area contributed by atoms with Crippen molar-refractivity contribution >= 4 is 30.8 Å². The van der Waals surface area contributed by atoms with E-state index in [9.17, 15) is 8.78 Å². The van der Waals surface area contributed by atoms with Crippen LogP contribution in [0.1, 0.15) is 41.5 Å². The van der Waals surface area contributed by atoms with Crippen molar-refractivity contribution in [2.24, 2.45) is 0 Å². The van der Waals surface area contributed by atoms with Gasteiger partial charge < -0.3 is 9.55 Å². The quantitative estimate of drug-likeness (QED) is 0.447. The topological polar surface area (TPSA) is 29.9 Å². The second-order valence-electron chi connectivity index (χ2n) is 8.43. The average molecular weight is 402 g/mol. The van der Waals surface area contributed by atoms with E-state index < -0.39 is 19.9 Å². The molecule has 28 heavy (non-hydrogen) atoms. The Morgan fingerprint density at radius 2 is 1.43 bits per heavy atom. The minimum atomic E-state index is -1.94. The number of benzene rings is 1. The fraction of sp³-hybridized carbons (Fsp3) is 0.409. The third-order valence-electron chi connectivity index (χ3n) is 5.86. The molecule has 0 saturated carbocycles. The van der Waals surface area contributed by atoms with Gasteiger partial charge in [-0.05, 0) is 53.2 Å². The molecule has 6 heteroatoms. The molecule has 1 N–H and O–H groups in total. The van der Waals surface area contributed by atoms with E-state index in [0.29, 0.717) is 28.1 Å². The van der Waals surface area contributed by atoms with Gasteiger partial charge in [0.05, 0.1) is 0 Å².